The molecule has 1 fully saturated rings. The SMILES string of the molecule is CCN=C1S/C(=C\c2cc(C)n(-c3cccc(F)c3)c2C)C(=O)N1CC. The van der Waals surface area contributed by atoms with Crippen molar-refractivity contribution in [2.24, 2.45) is 4.99 Å². The standard InChI is InChI=1S/C20H22FN3OS/c1-5-22-20-23(6-2)19(25)18(26-20)11-15-10-13(3)24(14(15)4)17-9-7-8-16(21)12-17/h7-12H,5-6H2,1-4H3/b18-11-,22-20?. The van der Waals surface area contributed by atoms with Gasteiger partial charge in [-0.3, -0.25) is 14.7 Å². The van der Waals surface area contributed by atoms with Crippen LogP contribution in [0.4, 0.5) is 4.39 Å². The van der Waals surface area contributed by atoms with Gasteiger partial charge >= 0.3 is 0 Å². The van der Waals surface area contributed by atoms with E-state index >= 15 is 0 Å². The van der Waals surface area contributed by atoms with Crippen LogP contribution >= 0.6 is 11.8 Å². The molecule has 0 atom stereocenters. The molecule has 0 aliphatic carbocycles. The van der Waals surface area contributed by atoms with Crippen LogP contribution < -0.4 is 0 Å². The predicted octanol–water partition coefficient (Wildman–Crippen LogP) is 4.55. The molecular formula is C20H22FN3OS. The summed E-state index contributed by atoms with van der Waals surface area (Å²) in [5, 5.41) is 0.755. The topological polar surface area (TPSA) is 37.6 Å². The Kier molecular flexibility index (Phi) is 5.32. The molecule has 0 unspecified atom stereocenters. The van der Waals surface area contributed by atoms with Crippen molar-refractivity contribution in [3.63, 3.8) is 0 Å². The molecule has 0 N–H and O–H groups in total. The fraction of sp³-hybridized carbons (Fsp3) is 0.300. The van der Waals surface area contributed by atoms with Gasteiger partial charge in [-0.1, -0.05) is 6.07 Å². The minimum atomic E-state index is -0.268. The highest BCUT2D eigenvalue weighted by atomic mass is 32.2. The van der Waals surface area contributed by atoms with E-state index in [1.54, 1.807) is 11.0 Å². The smallest absolute Gasteiger partial charge is 0.266 e. The van der Waals surface area contributed by atoms with Crippen LogP contribution in [0.15, 0.2) is 40.2 Å². The number of aryl methyl sites for hydroxylation is 1. The number of aromatic nitrogens is 1. The minimum Gasteiger partial charge on any atom is -0.318 e. The van der Waals surface area contributed by atoms with E-state index in [9.17, 15) is 9.18 Å². The Bertz CT molecular complexity index is 914. The summed E-state index contributed by atoms with van der Waals surface area (Å²) in [5.74, 6) is -0.282. The number of amidine groups is 1. The average Bonchev–Trinajstić information content (AvgIpc) is 3.04. The van der Waals surface area contributed by atoms with Crippen LogP contribution in [0.3, 0.4) is 0 Å². The van der Waals surface area contributed by atoms with E-state index in [4.69, 9.17) is 0 Å². The van der Waals surface area contributed by atoms with Gasteiger partial charge in [-0.05, 0) is 75.4 Å². The van der Waals surface area contributed by atoms with E-state index in [0.717, 1.165) is 27.8 Å². The first kappa shape index (κ1) is 18.5. The molecule has 1 aliphatic heterocycles. The summed E-state index contributed by atoms with van der Waals surface area (Å²) in [7, 11) is 0. The highest BCUT2D eigenvalue weighted by Gasteiger charge is 2.32. The largest absolute Gasteiger partial charge is 0.318 e. The molecule has 1 aliphatic rings. The van der Waals surface area contributed by atoms with E-state index in [1.807, 2.05) is 50.5 Å². The Labute approximate surface area is 157 Å². The molecule has 4 nitrogen and oxygen atoms in total. The van der Waals surface area contributed by atoms with Crippen molar-refractivity contribution in [3.05, 3.63) is 58.0 Å². The summed E-state index contributed by atoms with van der Waals surface area (Å²) in [4.78, 5) is 19.4. The lowest BCUT2D eigenvalue weighted by Gasteiger charge is -2.11. The van der Waals surface area contributed by atoms with Gasteiger partial charge in [0.1, 0.15) is 5.82 Å². The van der Waals surface area contributed by atoms with Gasteiger partial charge in [0.25, 0.3) is 5.91 Å². The second-order valence-electron chi connectivity index (χ2n) is 6.06. The third-order valence-electron chi connectivity index (χ3n) is 4.32. The van der Waals surface area contributed by atoms with Gasteiger partial charge in [-0.2, -0.15) is 0 Å². The highest BCUT2D eigenvalue weighted by Crippen LogP contribution is 2.33. The number of rotatable bonds is 4. The predicted molar refractivity (Wildman–Crippen MR) is 106 cm³/mol. The number of hydrogen-bond acceptors (Lipinski definition) is 3. The fourth-order valence-corrected chi connectivity index (χ4v) is 4.22. The van der Waals surface area contributed by atoms with Gasteiger partial charge in [0.05, 0.1) is 4.91 Å². The summed E-state index contributed by atoms with van der Waals surface area (Å²) < 4.78 is 15.6. The van der Waals surface area contributed by atoms with Crippen molar-refractivity contribution in [2.75, 3.05) is 13.1 Å². The summed E-state index contributed by atoms with van der Waals surface area (Å²) in [5.41, 5.74) is 3.69. The van der Waals surface area contributed by atoms with E-state index in [1.165, 1.54) is 23.9 Å². The summed E-state index contributed by atoms with van der Waals surface area (Å²) in [6, 6.07) is 8.54. The van der Waals surface area contributed by atoms with Crippen molar-refractivity contribution < 1.29 is 9.18 Å². The van der Waals surface area contributed by atoms with E-state index in [2.05, 4.69) is 4.99 Å². The van der Waals surface area contributed by atoms with Crippen LogP contribution in [0.25, 0.3) is 11.8 Å². The Morgan fingerprint density at radius 1 is 1.23 bits per heavy atom. The second kappa shape index (κ2) is 7.50. The van der Waals surface area contributed by atoms with E-state index in [0.29, 0.717) is 18.0 Å². The normalized spacial score (nSPS) is 17.7. The summed E-state index contributed by atoms with van der Waals surface area (Å²) >= 11 is 1.41. The first-order chi connectivity index (χ1) is 12.5. The maximum Gasteiger partial charge on any atom is 0.266 e. The fourth-order valence-electron chi connectivity index (χ4n) is 3.13. The van der Waals surface area contributed by atoms with E-state index < -0.39 is 0 Å². The zero-order valence-corrected chi connectivity index (χ0v) is 16.2. The molecule has 3 rings (SSSR count). The van der Waals surface area contributed by atoms with Crippen LogP contribution in [-0.4, -0.2) is 33.6 Å². The number of halogens is 1. The lowest BCUT2D eigenvalue weighted by Crippen LogP contribution is -2.28. The van der Waals surface area contributed by atoms with Crippen LogP contribution in [0.1, 0.15) is 30.8 Å². The molecule has 0 radical (unpaired) electrons. The van der Waals surface area contributed by atoms with Gasteiger partial charge in [0.2, 0.25) is 0 Å². The number of carbonyl (C=O) groups is 1. The molecule has 0 saturated carbocycles. The van der Waals surface area contributed by atoms with Crippen molar-refractivity contribution in [1.29, 1.82) is 0 Å². The number of aliphatic imine (C=N–C) groups is 1. The maximum absolute atomic E-state index is 13.6. The number of thioether (sulfide) groups is 1. The molecule has 136 valence electrons. The zero-order valence-electron chi connectivity index (χ0n) is 15.4. The maximum atomic E-state index is 13.6. The van der Waals surface area contributed by atoms with Crippen molar-refractivity contribution in [3.8, 4) is 5.69 Å². The van der Waals surface area contributed by atoms with E-state index in [-0.39, 0.29) is 11.7 Å². The summed E-state index contributed by atoms with van der Waals surface area (Å²) in [6.45, 7) is 9.11. The molecule has 6 heteroatoms. The molecule has 1 aromatic carbocycles. The molecule has 2 heterocycles. The monoisotopic (exact) mass is 371 g/mol. The molecule has 0 spiro atoms. The first-order valence-electron chi connectivity index (χ1n) is 8.67. The van der Waals surface area contributed by atoms with Crippen LogP contribution in [0.5, 0.6) is 0 Å². The quantitative estimate of drug-likeness (QED) is 0.740. The number of benzene rings is 1. The third kappa shape index (κ3) is 3.33. The minimum absolute atomic E-state index is 0.0136. The number of nitrogens with zero attached hydrogens (tertiary/aromatic N) is 3. The molecule has 1 amide bonds. The average molecular weight is 371 g/mol. The Morgan fingerprint density at radius 3 is 2.65 bits per heavy atom. The second-order valence-corrected chi connectivity index (χ2v) is 7.07. The van der Waals surface area contributed by atoms with Crippen LogP contribution in [0, 0.1) is 19.7 Å². The molecule has 26 heavy (non-hydrogen) atoms. The van der Waals surface area contributed by atoms with Gasteiger partial charge in [-0.15, -0.1) is 0 Å². The highest BCUT2D eigenvalue weighted by molar-refractivity contribution is 8.18. The Balaban J connectivity index is 2.02. The molecule has 1 saturated heterocycles. The molecule has 2 aromatic rings. The lowest BCUT2D eigenvalue weighted by molar-refractivity contribution is -0.122. The van der Waals surface area contributed by atoms with Crippen LogP contribution in [0.2, 0.25) is 0 Å². The number of hydrogen-bond donors (Lipinski definition) is 0. The van der Waals surface area contributed by atoms with Crippen molar-refractivity contribution in [2.45, 2.75) is 27.7 Å². The van der Waals surface area contributed by atoms with Crippen molar-refractivity contribution in [1.82, 2.24) is 9.47 Å². The lowest BCUT2D eigenvalue weighted by atomic mass is 10.2. The summed E-state index contributed by atoms with van der Waals surface area (Å²) in [6.07, 6.45) is 1.91. The first-order valence-corrected chi connectivity index (χ1v) is 9.48. The number of carbonyl (C=O) groups excluding carboxylic acids is 1. The van der Waals surface area contributed by atoms with Crippen molar-refractivity contribution >= 4 is 28.9 Å². The van der Waals surface area contributed by atoms with Gasteiger partial charge in [0, 0.05) is 30.2 Å². The third-order valence-corrected chi connectivity index (χ3v) is 5.37. The Morgan fingerprint density at radius 2 is 2.00 bits per heavy atom. The number of likely N-dealkylation sites (N-methyl/N-ethyl adjacent to an activating group) is 1. The Hall–Kier alpha value is -2.34. The van der Waals surface area contributed by atoms with Crippen LogP contribution in [-0.2, 0) is 4.79 Å². The molecule has 0 bridgehead atoms. The molecule has 1 aromatic heterocycles. The number of amides is 1. The zero-order chi connectivity index (χ0) is 18.8. The molecular weight excluding hydrogens is 349 g/mol. The van der Waals surface area contributed by atoms with Gasteiger partial charge < -0.3 is 4.57 Å². The van der Waals surface area contributed by atoms with Gasteiger partial charge in [0.15, 0.2) is 5.17 Å². The van der Waals surface area contributed by atoms with Gasteiger partial charge in [-0.25, -0.2) is 4.39 Å².